The Balaban J connectivity index is 1.70. The lowest BCUT2D eigenvalue weighted by Gasteiger charge is -2.37. The fraction of sp³-hybridized carbons (Fsp3) is 0.917. The predicted octanol–water partition coefficient (Wildman–Crippen LogP) is 0.0664. The number of hydrogen-bond donors (Lipinski definition) is 2. The van der Waals surface area contributed by atoms with Gasteiger partial charge in [0.25, 0.3) is 0 Å². The zero-order valence-corrected chi connectivity index (χ0v) is 12.5. The lowest BCUT2D eigenvalue weighted by atomic mass is 10.0. The maximum atomic E-state index is 12.7. The van der Waals surface area contributed by atoms with E-state index in [1.165, 1.54) is 0 Å². The molecule has 3 fully saturated rings. The first-order chi connectivity index (χ1) is 9.48. The van der Waals surface area contributed by atoms with Crippen molar-refractivity contribution in [1.82, 2.24) is 20.1 Å². The van der Waals surface area contributed by atoms with Gasteiger partial charge in [-0.2, -0.15) is 0 Å². The highest BCUT2D eigenvalue weighted by molar-refractivity contribution is 7.89. The molecule has 2 atom stereocenters. The molecule has 0 spiro atoms. The van der Waals surface area contributed by atoms with E-state index in [9.17, 15) is 13.2 Å². The number of carbonyl (C=O) groups excluding carboxylic acids is 1. The van der Waals surface area contributed by atoms with E-state index in [1.54, 1.807) is 9.21 Å². The average molecular weight is 302 g/mol. The molecule has 3 heterocycles. The molecule has 2 N–H and O–H groups in total. The van der Waals surface area contributed by atoms with Crippen molar-refractivity contribution < 1.29 is 13.2 Å². The van der Waals surface area contributed by atoms with Crippen molar-refractivity contribution in [2.24, 2.45) is 5.92 Å². The van der Waals surface area contributed by atoms with Gasteiger partial charge in [-0.05, 0) is 31.6 Å². The van der Waals surface area contributed by atoms with Gasteiger partial charge in [0.05, 0.1) is 5.25 Å². The first-order valence-electron chi connectivity index (χ1n) is 7.29. The van der Waals surface area contributed by atoms with E-state index in [0.717, 1.165) is 12.8 Å². The molecule has 0 radical (unpaired) electrons. The fourth-order valence-corrected chi connectivity index (χ4v) is 5.15. The SMILES string of the molecule is CC1CCN(S(=O)(=O)C2CCC3NNC(=O)N3C2)CC1. The van der Waals surface area contributed by atoms with E-state index in [1.807, 2.05) is 0 Å². The van der Waals surface area contributed by atoms with Gasteiger partial charge < -0.3 is 4.90 Å². The zero-order valence-electron chi connectivity index (χ0n) is 11.7. The molecular formula is C12H22N4O3S. The van der Waals surface area contributed by atoms with Gasteiger partial charge in [-0.3, -0.25) is 5.43 Å². The molecule has 8 heteroatoms. The normalized spacial score (nSPS) is 33.0. The first kappa shape index (κ1) is 14.1. The number of amides is 2. The Morgan fingerprint density at radius 2 is 1.85 bits per heavy atom. The van der Waals surface area contributed by atoms with Crippen LogP contribution in [0.25, 0.3) is 0 Å². The van der Waals surface area contributed by atoms with E-state index in [4.69, 9.17) is 0 Å². The standard InChI is InChI=1S/C12H22N4O3S/c1-9-4-6-15(7-5-9)20(18,19)10-2-3-11-13-14-12(17)16(11)8-10/h9-11,13H,2-8H2,1H3,(H,14,17). The Morgan fingerprint density at radius 1 is 1.15 bits per heavy atom. The van der Waals surface area contributed by atoms with Crippen molar-refractivity contribution in [3.05, 3.63) is 0 Å². The lowest BCUT2D eigenvalue weighted by molar-refractivity contribution is 0.177. The number of sulfonamides is 1. The molecule has 2 amide bonds. The van der Waals surface area contributed by atoms with Gasteiger partial charge in [0.2, 0.25) is 10.0 Å². The van der Waals surface area contributed by atoms with Gasteiger partial charge in [-0.15, -0.1) is 0 Å². The molecule has 3 aliphatic rings. The number of nitrogens with zero attached hydrogens (tertiary/aromatic N) is 2. The summed E-state index contributed by atoms with van der Waals surface area (Å²) < 4.78 is 27.0. The highest BCUT2D eigenvalue weighted by Gasteiger charge is 2.43. The Hall–Kier alpha value is -0.860. The van der Waals surface area contributed by atoms with Crippen LogP contribution in [-0.2, 0) is 10.0 Å². The van der Waals surface area contributed by atoms with Crippen LogP contribution in [0.4, 0.5) is 4.79 Å². The average Bonchev–Trinajstić information content (AvgIpc) is 2.80. The molecule has 0 aromatic carbocycles. The molecule has 20 heavy (non-hydrogen) atoms. The molecule has 0 aromatic heterocycles. The van der Waals surface area contributed by atoms with Crippen molar-refractivity contribution >= 4 is 16.1 Å². The minimum atomic E-state index is -3.29. The van der Waals surface area contributed by atoms with E-state index in [-0.39, 0.29) is 18.7 Å². The summed E-state index contributed by atoms with van der Waals surface area (Å²) in [6.45, 7) is 3.69. The maximum absolute atomic E-state index is 12.7. The van der Waals surface area contributed by atoms with E-state index in [2.05, 4.69) is 17.8 Å². The van der Waals surface area contributed by atoms with Gasteiger partial charge in [-0.1, -0.05) is 6.92 Å². The smallest absolute Gasteiger partial charge is 0.305 e. The molecule has 0 aliphatic carbocycles. The third-order valence-electron chi connectivity index (χ3n) is 4.67. The highest BCUT2D eigenvalue weighted by Crippen LogP contribution is 2.27. The first-order valence-corrected chi connectivity index (χ1v) is 8.80. The topological polar surface area (TPSA) is 81.8 Å². The van der Waals surface area contributed by atoms with E-state index in [0.29, 0.717) is 31.8 Å². The second kappa shape index (κ2) is 5.16. The van der Waals surface area contributed by atoms with Gasteiger partial charge in [0.15, 0.2) is 0 Å². The number of nitrogens with one attached hydrogen (secondary N) is 2. The van der Waals surface area contributed by atoms with Crippen LogP contribution in [0.15, 0.2) is 0 Å². The number of rotatable bonds is 2. The molecule has 3 aliphatic heterocycles. The quantitative estimate of drug-likeness (QED) is 0.756. The maximum Gasteiger partial charge on any atom is 0.333 e. The van der Waals surface area contributed by atoms with Crippen LogP contribution < -0.4 is 10.9 Å². The molecule has 2 unspecified atom stereocenters. The van der Waals surface area contributed by atoms with Crippen LogP contribution in [0.3, 0.4) is 0 Å². The Kier molecular flexibility index (Phi) is 3.64. The number of urea groups is 1. The molecule has 114 valence electrons. The molecule has 7 nitrogen and oxygen atoms in total. The molecule has 0 aromatic rings. The van der Waals surface area contributed by atoms with Gasteiger partial charge in [0, 0.05) is 19.6 Å². The second-order valence-electron chi connectivity index (χ2n) is 6.07. The minimum absolute atomic E-state index is 0.0599. The monoisotopic (exact) mass is 302 g/mol. The van der Waals surface area contributed by atoms with Crippen molar-refractivity contribution in [2.75, 3.05) is 19.6 Å². The number of piperidine rings is 2. The summed E-state index contributed by atoms with van der Waals surface area (Å²) in [4.78, 5) is 13.2. The zero-order chi connectivity index (χ0) is 14.3. The summed E-state index contributed by atoms with van der Waals surface area (Å²) in [5, 5.41) is -0.460. The fourth-order valence-electron chi connectivity index (χ4n) is 3.22. The summed E-state index contributed by atoms with van der Waals surface area (Å²) in [5.41, 5.74) is 5.43. The number of hydrogen-bond acceptors (Lipinski definition) is 4. The Bertz CT molecular complexity index is 487. The Labute approximate surface area is 119 Å². The van der Waals surface area contributed by atoms with Crippen LogP contribution in [-0.4, -0.2) is 54.7 Å². The van der Waals surface area contributed by atoms with Crippen molar-refractivity contribution in [2.45, 2.75) is 44.0 Å². The van der Waals surface area contributed by atoms with Crippen molar-refractivity contribution in [1.29, 1.82) is 0 Å². The second-order valence-corrected chi connectivity index (χ2v) is 8.28. The molecule has 0 bridgehead atoms. The molecule has 0 saturated carbocycles. The number of hydrazine groups is 1. The summed E-state index contributed by atoms with van der Waals surface area (Å²) in [5.74, 6) is 0.603. The van der Waals surface area contributed by atoms with Crippen molar-refractivity contribution in [3.63, 3.8) is 0 Å². The largest absolute Gasteiger partial charge is 0.333 e. The van der Waals surface area contributed by atoms with Gasteiger partial charge in [0.1, 0.15) is 6.17 Å². The number of fused-ring (bicyclic) bond motifs is 1. The van der Waals surface area contributed by atoms with E-state index < -0.39 is 15.3 Å². The minimum Gasteiger partial charge on any atom is -0.305 e. The predicted molar refractivity (Wildman–Crippen MR) is 74.1 cm³/mol. The molecule has 3 saturated heterocycles. The summed E-state index contributed by atoms with van der Waals surface area (Å²) in [6, 6.07) is -0.220. The van der Waals surface area contributed by atoms with Crippen LogP contribution >= 0.6 is 0 Å². The third kappa shape index (κ3) is 2.40. The van der Waals surface area contributed by atoms with E-state index >= 15 is 0 Å². The lowest BCUT2D eigenvalue weighted by Crippen LogP contribution is -2.53. The summed E-state index contributed by atoms with van der Waals surface area (Å²) >= 11 is 0. The molecular weight excluding hydrogens is 280 g/mol. The van der Waals surface area contributed by atoms with Crippen LogP contribution in [0, 0.1) is 5.92 Å². The highest BCUT2D eigenvalue weighted by atomic mass is 32.2. The molecule has 3 rings (SSSR count). The summed E-state index contributed by atoms with van der Waals surface area (Å²) in [6.07, 6.45) is 3.08. The number of carbonyl (C=O) groups is 1. The van der Waals surface area contributed by atoms with Crippen LogP contribution in [0.1, 0.15) is 32.6 Å². The summed E-state index contributed by atoms with van der Waals surface area (Å²) in [7, 11) is -3.29. The Morgan fingerprint density at radius 3 is 2.55 bits per heavy atom. The van der Waals surface area contributed by atoms with Crippen molar-refractivity contribution in [3.8, 4) is 0 Å². The third-order valence-corrected chi connectivity index (χ3v) is 6.98. The van der Waals surface area contributed by atoms with Gasteiger partial charge >= 0.3 is 6.03 Å². The van der Waals surface area contributed by atoms with Gasteiger partial charge in [-0.25, -0.2) is 22.9 Å². The van der Waals surface area contributed by atoms with Crippen LogP contribution in [0.5, 0.6) is 0 Å². The van der Waals surface area contributed by atoms with Crippen LogP contribution in [0.2, 0.25) is 0 Å².